The van der Waals surface area contributed by atoms with Gasteiger partial charge >= 0.3 is 5.63 Å². The predicted molar refractivity (Wildman–Crippen MR) is 127 cm³/mol. The van der Waals surface area contributed by atoms with E-state index >= 15 is 0 Å². The first-order valence-corrected chi connectivity index (χ1v) is 11.5. The zero-order valence-electron chi connectivity index (χ0n) is 19.6. The van der Waals surface area contributed by atoms with Gasteiger partial charge < -0.3 is 28.8 Å². The van der Waals surface area contributed by atoms with Crippen LogP contribution >= 0.6 is 0 Å². The summed E-state index contributed by atoms with van der Waals surface area (Å²) in [7, 11) is 0. The highest BCUT2D eigenvalue weighted by Crippen LogP contribution is 2.32. The average Bonchev–Trinajstić information content (AvgIpc) is 2.85. The molecule has 1 fully saturated rings. The number of fused-ring (bicyclic) bond motifs is 2. The van der Waals surface area contributed by atoms with Crippen molar-refractivity contribution in [3.8, 4) is 17.2 Å². The smallest absolute Gasteiger partial charge is 0.340 e. The van der Waals surface area contributed by atoms with Gasteiger partial charge in [0.25, 0.3) is 5.91 Å². The SMILES string of the molecule is Cc1cc(O)c2c(C)c(CC(=O)N3CCN(C(=O)[C@@H]4COc5ccccc5O4)CC3)c(=O)oc2c1. The Morgan fingerprint density at radius 2 is 1.71 bits per heavy atom. The first-order valence-electron chi connectivity index (χ1n) is 11.5. The maximum Gasteiger partial charge on any atom is 0.340 e. The summed E-state index contributed by atoms with van der Waals surface area (Å²) in [5.74, 6) is 0.757. The number of aryl methyl sites for hydroxylation is 2. The number of piperazine rings is 1. The molecule has 0 saturated carbocycles. The van der Waals surface area contributed by atoms with E-state index in [0.717, 1.165) is 5.56 Å². The molecule has 0 bridgehead atoms. The number of phenolic OH excluding ortho intramolecular Hbond substituents is 1. The van der Waals surface area contributed by atoms with Gasteiger partial charge in [-0.1, -0.05) is 12.1 Å². The Kier molecular flexibility index (Phi) is 5.84. The van der Waals surface area contributed by atoms with E-state index in [4.69, 9.17) is 13.9 Å². The molecule has 0 aliphatic carbocycles. The van der Waals surface area contributed by atoms with Crippen LogP contribution in [0.5, 0.6) is 17.2 Å². The maximum atomic E-state index is 13.0. The van der Waals surface area contributed by atoms with Crippen molar-refractivity contribution < 1.29 is 28.6 Å². The lowest BCUT2D eigenvalue weighted by atomic mass is 10.0. The van der Waals surface area contributed by atoms with Crippen molar-refractivity contribution in [3.63, 3.8) is 0 Å². The Bertz CT molecular complexity index is 1370. The average molecular weight is 479 g/mol. The van der Waals surface area contributed by atoms with Crippen molar-refractivity contribution >= 4 is 22.8 Å². The molecule has 2 amide bonds. The third-order valence-corrected chi connectivity index (χ3v) is 6.56. The lowest BCUT2D eigenvalue weighted by Crippen LogP contribution is -2.55. The van der Waals surface area contributed by atoms with Gasteiger partial charge in [0.1, 0.15) is 17.9 Å². The molecule has 2 aromatic carbocycles. The van der Waals surface area contributed by atoms with E-state index in [1.54, 1.807) is 47.9 Å². The number of ether oxygens (including phenoxy) is 2. The van der Waals surface area contributed by atoms with Gasteiger partial charge in [-0.15, -0.1) is 0 Å². The normalized spacial score (nSPS) is 17.5. The lowest BCUT2D eigenvalue weighted by molar-refractivity contribution is -0.146. The molecule has 1 saturated heterocycles. The van der Waals surface area contributed by atoms with Crippen LogP contribution in [0, 0.1) is 13.8 Å². The van der Waals surface area contributed by atoms with Gasteiger partial charge in [-0.2, -0.15) is 0 Å². The van der Waals surface area contributed by atoms with Gasteiger partial charge in [0.15, 0.2) is 11.5 Å². The van der Waals surface area contributed by atoms with Crippen LogP contribution in [0.15, 0.2) is 45.6 Å². The first kappa shape index (κ1) is 22.8. The molecular weight excluding hydrogens is 452 g/mol. The van der Waals surface area contributed by atoms with Crippen molar-refractivity contribution in [2.75, 3.05) is 32.8 Å². The summed E-state index contributed by atoms with van der Waals surface area (Å²) in [6.45, 7) is 5.04. The predicted octanol–water partition coefficient (Wildman–Crippen LogP) is 2.17. The number of hydrogen-bond donors (Lipinski definition) is 1. The van der Waals surface area contributed by atoms with Crippen LogP contribution in [-0.4, -0.2) is 65.6 Å². The molecule has 182 valence electrons. The van der Waals surface area contributed by atoms with E-state index in [-0.39, 0.29) is 36.2 Å². The van der Waals surface area contributed by atoms with Crippen LogP contribution in [0.4, 0.5) is 0 Å². The highest BCUT2D eigenvalue weighted by molar-refractivity contribution is 5.89. The molecule has 5 rings (SSSR count). The number of carbonyl (C=O) groups is 2. The summed E-state index contributed by atoms with van der Waals surface area (Å²) < 4.78 is 16.9. The Hall–Kier alpha value is -4.01. The van der Waals surface area contributed by atoms with Gasteiger partial charge in [-0.25, -0.2) is 4.79 Å². The first-order chi connectivity index (χ1) is 16.8. The Labute approximate surface area is 201 Å². The molecule has 1 atom stereocenters. The highest BCUT2D eigenvalue weighted by Gasteiger charge is 2.33. The third-order valence-electron chi connectivity index (χ3n) is 6.56. The molecular formula is C26H26N2O7. The van der Waals surface area contributed by atoms with Crippen molar-refractivity contribution in [2.45, 2.75) is 26.4 Å². The second-order valence-electron chi connectivity index (χ2n) is 8.90. The quantitative estimate of drug-likeness (QED) is 0.575. The molecule has 0 radical (unpaired) electrons. The van der Waals surface area contributed by atoms with Crippen LogP contribution in [0.1, 0.15) is 16.7 Å². The highest BCUT2D eigenvalue weighted by atomic mass is 16.6. The van der Waals surface area contributed by atoms with Crippen molar-refractivity contribution in [1.29, 1.82) is 0 Å². The number of phenols is 1. The second-order valence-corrected chi connectivity index (χ2v) is 8.90. The van der Waals surface area contributed by atoms with E-state index in [2.05, 4.69) is 0 Å². The number of nitrogens with zero attached hydrogens (tertiary/aromatic N) is 2. The van der Waals surface area contributed by atoms with Gasteiger partial charge in [0.2, 0.25) is 12.0 Å². The van der Waals surface area contributed by atoms with E-state index in [9.17, 15) is 19.5 Å². The zero-order chi connectivity index (χ0) is 24.7. The number of benzene rings is 2. The number of hydrogen-bond acceptors (Lipinski definition) is 7. The van der Waals surface area contributed by atoms with Crippen LogP contribution in [-0.2, 0) is 16.0 Å². The molecule has 35 heavy (non-hydrogen) atoms. The Morgan fingerprint density at radius 3 is 2.46 bits per heavy atom. The summed E-state index contributed by atoms with van der Waals surface area (Å²) in [6, 6.07) is 10.5. The summed E-state index contributed by atoms with van der Waals surface area (Å²) in [5, 5.41) is 10.8. The number of aromatic hydroxyl groups is 1. The Morgan fingerprint density at radius 1 is 1.03 bits per heavy atom. The fraction of sp³-hybridized carbons (Fsp3) is 0.346. The zero-order valence-corrected chi connectivity index (χ0v) is 19.6. The summed E-state index contributed by atoms with van der Waals surface area (Å²) in [4.78, 5) is 41.8. The summed E-state index contributed by atoms with van der Waals surface area (Å²) >= 11 is 0. The van der Waals surface area contributed by atoms with Crippen LogP contribution in [0.3, 0.4) is 0 Å². The third kappa shape index (κ3) is 4.29. The molecule has 9 nitrogen and oxygen atoms in total. The number of carbonyl (C=O) groups excluding carboxylic acids is 2. The van der Waals surface area contributed by atoms with Crippen LogP contribution in [0.2, 0.25) is 0 Å². The summed E-state index contributed by atoms with van der Waals surface area (Å²) in [5.41, 5.74) is 1.24. The fourth-order valence-electron chi connectivity index (χ4n) is 4.65. The topological polar surface area (TPSA) is 110 Å². The van der Waals surface area contributed by atoms with E-state index in [0.29, 0.717) is 54.2 Å². The largest absolute Gasteiger partial charge is 0.507 e. The molecule has 1 aromatic heterocycles. The van der Waals surface area contributed by atoms with Gasteiger partial charge in [-0.3, -0.25) is 9.59 Å². The van der Waals surface area contributed by atoms with Crippen molar-refractivity contribution in [1.82, 2.24) is 9.80 Å². The summed E-state index contributed by atoms with van der Waals surface area (Å²) in [6.07, 6.45) is -0.866. The fourth-order valence-corrected chi connectivity index (χ4v) is 4.65. The van der Waals surface area contributed by atoms with Gasteiger partial charge in [0.05, 0.1) is 17.4 Å². The number of rotatable bonds is 3. The van der Waals surface area contributed by atoms with Gasteiger partial charge in [0, 0.05) is 26.2 Å². The van der Waals surface area contributed by atoms with Crippen LogP contribution in [0.25, 0.3) is 11.0 Å². The second kappa shape index (κ2) is 8.98. The van der Waals surface area contributed by atoms with Crippen molar-refractivity contribution in [2.24, 2.45) is 0 Å². The molecule has 3 heterocycles. The molecule has 9 heteroatoms. The van der Waals surface area contributed by atoms with Crippen molar-refractivity contribution in [3.05, 3.63) is 63.5 Å². The molecule has 2 aliphatic heterocycles. The molecule has 3 aromatic rings. The molecule has 0 unspecified atom stereocenters. The Balaban J connectivity index is 1.23. The standard InChI is InChI=1S/C26H26N2O7/c1-15-11-18(29)24-16(2)17(26(32)35-21(24)12-15)13-23(30)27-7-9-28(10-8-27)25(31)22-14-33-19-5-3-4-6-20(19)34-22/h3-6,11-12,22,29H,7-10,13-14H2,1-2H3/t22-/m0/s1. The molecule has 1 N–H and O–H groups in total. The molecule has 0 spiro atoms. The van der Waals surface area contributed by atoms with Crippen LogP contribution < -0.4 is 15.1 Å². The maximum absolute atomic E-state index is 13.0. The lowest BCUT2D eigenvalue weighted by Gasteiger charge is -2.37. The van der Waals surface area contributed by atoms with Gasteiger partial charge in [-0.05, 0) is 49.2 Å². The minimum absolute atomic E-state index is 0.0126. The van der Waals surface area contributed by atoms with E-state index < -0.39 is 11.7 Å². The van der Waals surface area contributed by atoms with E-state index in [1.165, 1.54) is 0 Å². The van der Waals surface area contributed by atoms with E-state index in [1.807, 2.05) is 12.1 Å². The minimum Gasteiger partial charge on any atom is -0.507 e. The molecule has 2 aliphatic rings. The number of amides is 2. The number of para-hydroxylation sites is 2. The monoisotopic (exact) mass is 478 g/mol. The minimum atomic E-state index is -0.728.